The first-order valence-corrected chi connectivity index (χ1v) is 10.6. The van der Waals surface area contributed by atoms with Crippen molar-refractivity contribution in [2.24, 2.45) is 10.7 Å². The second kappa shape index (κ2) is 9.70. The normalized spacial score (nSPS) is 12.5. The minimum absolute atomic E-state index is 0.129. The first kappa shape index (κ1) is 21.2. The quantitative estimate of drug-likeness (QED) is 0.463. The molecule has 2 aromatic carbocycles. The summed E-state index contributed by atoms with van der Waals surface area (Å²) in [6, 6.07) is 16.2. The Hall–Kier alpha value is -3.13. The Morgan fingerprint density at radius 3 is 2.32 bits per heavy atom. The van der Waals surface area contributed by atoms with Crippen molar-refractivity contribution in [3.8, 4) is 0 Å². The molecule has 0 fully saturated rings. The van der Waals surface area contributed by atoms with Gasteiger partial charge in [-0.15, -0.1) is 0 Å². The molecule has 0 aliphatic heterocycles. The molecule has 0 heterocycles. The number of sulfone groups is 1. The highest BCUT2D eigenvalue weighted by molar-refractivity contribution is 7.90. The van der Waals surface area contributed by atoms with E-state index in [0.717, 1.165) is 11.8 Å². The zero-order valence-corrected chi connectivity index (χ0v) is 16.7. The van der Waals surface area contributed by atoms with Gasteiger partial charge < -0.3 is 16.4 Å². The molecule has 8 heteroatoms. The van der Waals surface area contributed by atoms with Crippen LogP contribution in [0.3, 0.4) is 0 Å². The number of benzene rings is 2. The first-order chi connectivity index (χ1) is 13.3. The lowest BCUT2D eigenvalue weighted by molar-refractivity contribution is 0.102. The van der Waals surface area contributed by atoms with E-state index in [-0.39, 0.29) is 17.5 Å². The SMILES string of the molecule is CN/C(=C\C(N)=NCc1ccc(NC(=O)c2ccccc2)cc1)CS(C)(=O)=O. The van der Waals surface area contributed by atoms with Crippen molar-refractivity contribution in [1.82, 2.24) is 5.32 Å². The molecule has 0 saturated carbocycles. The second-order valence-electron chi connectivity index (χ2n) is 6.25. The van der Waals surface area contributed by atoms with Gasteiger partial charge in [-0.3, -0.25) is 9.79 Å². The molecule has 2 rings (SSSR count). The first-order valence-electron chi connectivity index (χ1n) is 8.58. The standard InChI is InChI=1S/C20H24N4O3S/c1-22-18(14-28(2,26)27)12-19(21)23-13-15-8-10-17(11-9-15)24-20(25)16-6-4-3-5-7-16/h3-12,22H,13-14H2,1-2H3,(H2,21,23)(H,24,25)/b18-12-. The summed E-state index contributed by atoms with van der Waals surface area (Å²) in [5, 5.41) is 5.64. The third-order valence-electron chi connectivity index (χ3n) is 3.75. The van der Waals surface area contributed by atoms with Crippen LogP contribution in [0.5, 0.6) is 0 Å². The zero-order valence-electron chi connectivity index (χ0n) is 15.8. The van der Waals surface area contributed by atoms with Gasteiger partial charge in [-0.2, -0.15) is 0 Å². The molecule has 0 aliphatic carbocycles. The molecule has 0 saturated heterocycles. The van der Waals surface area contributed by atoms with Crippen LogP contribution in [-0.2, 0) is 16.4 Å². The van der Waals surface area contributed by atoms with Crippen molar-refractivity contribution >= 4 is 27.3 Å². The fourth-order valence-electron chi connectivity index (χ4n) is 2.36. The third kappa shape index (κ3) is 7.24. The van der Waals surface area contributed by atoms with E-state index in [4.69, 9.17) is 5.73 Å². The number of aliphatic imine (C=N–C) groups is 1. The fraction of sp³-hybridized carbons (Fsp3) is 0.200. The average Bonchev–Trinajstić information content (AvgIpc) is 2.66. The van der Waals surface area contributed by atoms with Crippen molar-refractivity contribution in [2.45, 2.75) is 6.54 Å². The molecule has 0 unspecified atom stereocenters. The maximum Gasteiger partial charge on any atom is 0.255 e. The highest BCUT2D eigenvalue weighted by atomic mass is 32.2. The Morgan fingerprint density at radius 2 is 1.75 bits per heavy atom. The Balaban J connectivity index is 1.98. The number of amides is 1. The van der Waals surface area contributed by atoms with Crippen LogP contribution in [0, 0.1) is 0 Å². The third-order valence-corrected chi connectivity index (χ3v) is 4.59. The number of nitrogens with one attached hydrogen (secondary N) is 2. The molecule has 0 radical (unpaired) electrons. The van der Waals surface area contributed by atoms with Gasteiger partial charge >= 0.3 is 0 Å². The molecular formula is C20H24N4O3S. The average molecular weight is 401 g/mol. The van der Waals surface area contributed by atoms with Crippen molar-refractivity contribution in [2.75, 3.05) is 24.4 Å². The van der Waals surface area contributed by atoms with Crippen LogP contribution < -0.4 is 16.4 Å². The largest absolute Gasteiger partial charge is 0.390 e. The Morgan fingerprint density at radius 1 is 1.11 bits per heavy atom. The molecule has 0 aliphatic rings. The summed E-state index contributed by atoms with van der Waals surface area (Å²) in [5.41, 5.74) is 8.51. The van der Waals surface area contributed by atoms with E-state index in [0.29, 0.717) is 23.5 Å². The smallest absolute Gasteiger partial charge is 0.255 e. The van der Waals surface area contributed by atoms with E-state index in [1.165, 1.54) is 6.08 Å². The number of hydrogen-bond acceptors (Lipinski definition) is 5. The van der Waals surface area contributed by atoms with Crippen LogP contribution in [0.15, 0.2) is 71.4 Å². The topological polar surface area (TPSA) is 114 Å². The molecule has 2 aromatic rings. The van der Waals surface area contributed by atoms with Gasteiger partial charge in [0.05, 0.1) is 12.3 Å². The number of amidine groups is 1. The number of carbonyl (C=O) groups is 1. The van der Waals surface area contributed by atoms with Crippen molar-refractivity contribution in [3.05, 3.63) is 77.5 Å². The Kier molecular flexibility index (Phi) is 7.34. The van der Waals surface area contributed by atoms with Crippen molar-refractivity contribution < 1.29 is 13.2 Å². The van der Waals surface area contributed by atoms with Gasteiger partial charge in [-0.25, -0.2) is 8.42 Å². The molecule has 0 spiro atoms. The van der Waals surface area contributed by atoms with E-state index in [2.05, 4.69) is 15.6 Å². The molecule has 4 N–H and O–H groups in total. The number of nitrogens with two attached hydrogens (primary N) is 1. The van der Waals surface area contributed by atoms with Crippen LogP contribution in [-0.4, -0.2) is 39.2 Å². The van der Waals surface area contributed by atoms with Crippen LogP contribution >= 0.6 is 0 Å². The number of rotatable bonds is 8. The molecule has 28 heavy (non-hydrogen) atoms. The van der Waals surface area contributed by atoms with Gasteiger partial charge in [-0.05, 0) is 35.9 Å². The number of anilines is 1. The summed E-state index contributed by atoms with van der Waals surface area (Å²) >= 11 is 0. The van der Waals surface area contributed by atoms with Crippen molar-refractivity contribution in [1.29, 1.82) is 0 Å². The second-order valence-corrected chi connectivity index (χ2v) is 8.39. The lowest BCUT2D eigenvalue weighted by Gasteiger charge is -2.07. The Bertz CT molecular complexity index is 966. The minimum Gasteiger partial charge on any atom is -0.390 e. The molecule has 7 nitrogen and oxygen atoms in total. The molecule has 1 amide bonds. The van der Waals surface area contributed by atoms with Crippen LogP contribution in [0.25, 0.3) is 0 Å². The van der Waals surface area contributed by atoms with Gasteiger partial charge in [-0.1, -0.05) is 30.3 Å². The molecular weight excluding hydrogens is 376 g/mol. The summed E-state index contributed by atoms with van der Waals surface area (Å²) < 4.78 is 22.7. The lowest BCUT2D eigenvalue weighted by atomic mass is 10.2. The monoisotopic (exact) mass is 400 g/mol. The van der Waals surface area contributed by atoms with Gasteiger partial charge in [0.25, 0.3) is 5.91 Å². The van der Waals surface area contributed by atoms with E-state index >= 15 is 0 Å². The maximum absolute atomic E-state index is 12.1. The summed E-state index contributed by atoms with van der Waals surface area (Å²) in [4.78, 5) is 16.4. The highest BCUT2D eigenvalue weighted by Crippen LogP contribution is 2.12. The lowest BCUT2D eigenvalue weighted by Crippen LogP contribution is -2.20. The minimum atomic E-state index is -3.16. The molecule has 0 atom stereocenters. The number of nitrogens with zero attached hydrogens (tertiary/aromatic N) is 1. The van der Waals surface area contributed by atoms with E-state index in [1.54, 1.807) is 31.3 Å². The molecule has 148 valence electrons. The van der Waals surface area contributed by atoms with Gasteiger partial charge in [0.15, 0.2) is 9.84 Å². The molecule has 0 aromatic heterocycles. The van der Waals surface area contributed by atoms with Gasteiger partial charge in [0.2, 0.25) is 0 Å². The van der Waals surface area contributed by atoms with Crippen LogP contribution in [0.1, 0.15) is 15.9 Å². The summed E-state index contributed by atoms with van der Waals surface area (Å²) in [6.07, 6.45) is 2.67. The molecule has 0 bridgehead atoms. The Labute approximate surface area is 165 Å². The summed E-state index contributed by atoms with van der Waals surface area (Å²) in [7, 11) is -1.53. The predicted octanol–water partition coefficient (Wildman–Crippen LogP) is 1.94. The van der Waals surface area contributed by atoms with Crippen LogP contribution in [0.2, 0.25) is 0 Å². The van der Waals surface area contributed by atoms with Gasteiger partial charge in [0, 0.05) is 30.3 Å². The highest BCUT2D eigenvalue weighted by Gasteiger charge is 2.07. The van der Waals surface area contributed by atoms with E-state index in [9.17, 15) is 13.2 Å². The number of hydrogen-bond donors (Lipinski definition) is 3. The predicted molar refractivity (Wildman–Crippen MR) is 113 cm³/mol. The van der Waals surface area contributed by atoms with E-state index in [1.807, 2.05) is 30.3 Å². The van der Waals surface area contributed by atoms with Gasteiger partial charge in [0.1, 0.15) is 5.84 Å². The van der Waals surface area contributed by atoms with Crippen LogP contribution in [0.4, 0.5) is 5.69 Å². The number of carbonyl (C=O) groups excluding carboxylic acids is 1. The zero-order chi connectivity index (χ0) is 20.6. The van der Waals surface area contributed by atoms with Crippen molar-refractivity contribution in [3.63, 3.8) is 0 Å². The summed E-state index contributed by atoms with van der Waals surface area (Å²) in [5.74, 6) is -0.0732. The van der Waals surface area contributed by atoms with E-state index < -0.39 is 9.84 Å². The maximum atomic E-state index is 12.1. The summed E-state index contributed by atoms with van der Waals surface area (Å²) in [6.45, 7) is 0.338. The fourth-order valence-corrected chi connectivity index (χ4v) is 3.15.